The second kappa shape index (κ2) is 8.47. The first kappa shape index (κ1) is 19.8. The van der Waals surface area contributed by atoms with E-state index in [1.54, 1.807) is 5.01 Å². The van der Waals surface area contributed by atoms with Gasteiger partial charge in [-0.2, -0.15) is 5.10 Å². The van der Waals surface area contributed by atoms with Crippen LogP contribution in [0.4, 0.5) is 0 Å². The number of benzene rings is 2. The van der Waals surface area contributed by atoms with E-state index in [-0.39, 0.29) is 11.9 Å². The lowest BCUT2D eigenvalue weighted by atomic mass is 9.93. The molecule has 5 nitrogen and oxygen atoms in total. The zero-order chi connectivity index (χ0) is 20.4. The third kappa shape index (κ3) is 4.26. The Labute approximate surface area is 173 Å². The van der Waals surface area contributed by atoms with Crippen molar-refractivity contribution >= 4 is 11.6 Å². The number of aryl methyl sites for hydroxylation is 3. The predicted molar refractivity (Wildman–Crippen MR) is 115 cm³/mol. The average molecular weight is 392 g/mol. The van der Waals surface area contributed by atoms with Crippen molar-refractivity contribution in [2.24, 2.45) is 5.10 Å². The summed E-state index contributed by atoms with van der Waals surface area (Å²) >= 11 is 0. The van der Waals surface area contributed by atoms with Crippen LogP contribution in [0.1, 0.15) is 40.3 Å². The van der Waals surface area contributed by atoms with Gasteiger partial charge in [0.2, 0.25) is 0 Å². The molecule has 1 saturated heterocycles. The van der Waals surface area contributed by atoms with E-state index in [0.717, 1.165) is 30.8 Å². The summed E-state index contributed by atoms with van der Waals surface area (Å²) in [6.45, 7) is 9.67. The quantitative estimate of drug-likeness (QED) is 0.800. The molecule has 1 unspecified atom stereocenters. The van der Waals surface area contributed by atoms with Crippen LogP contribution in [0.25, 0.3) is 0 Å². The van der Waals surface area contributed by atoms with Gasteiger partial charge in [0.25, 0.3) is 5.91 Å². The Morgan fingerprint density at radius 1 is 1.07 bits per heavy atom. The van der Waals surface area contributed by atoms with Gasteiger partial charge in [-0.25, -0.2) is 5.01 Å². The zero-order valence-corrected chi connectivity index (χ0v) is 17.5. The summed E-state index contributed by atoms with van der Waals surface area (Å²) in [6.07, 6.45) is 0.740. The zero-order valence-electron chi connectivity index (χ0n) is 17.5. The van der Waals surface area contributed by atoms with Crippen LogP contribution in [0.2, 0.25) is 0 Å². The van der Waals surface area contributed by atoms with Gasteiger partial charge in [0.15, 0.2) is 0 Å². The number of carbonyl (C=O) groups is 1. The highest BCUT2D eigenvalue weighted by Gasteiger charge is 2.34. The Kier molecular flexibility index (Phi) is 5.79. The van der Waals surface area contributed by atoms with E-state index in [2.05, 4.69) is 56.0 Å². The fourth-order valence-corrected chi connectivity index (χ4v) is 4.27. The van der Waals surface area contributed by atoms with Gasteiger partial charge in [0.1, 0.15) is 0 Å². The molecule has 5 heteroatoms. The van der Waals surface area contributed by atoms with Crippen molar-refractivity contribution in [2.75, 3.05) is 32.8 Å². The molecule has 0 N–H and O–H groups in total. The Hall–Kier alpha value is -2.50. The Morgan fingerprint density at radius 2 is 1.83 bits per heavy atom. The predicted octanol–water partition coefficient (Wildman–Crippen LogP) is 3.62. The maximum absolute atomic E-state index is 13.3. The molecule has 2 aromatic rings. The van der Waals surface area contributed by atoms with Crippen LogP contribution in [0.5, 0.6) is 0 Å². The third-order valence-corrected chi connectivity index (χ3v) is 5.87. The average Bonchev–Trinajstić information content (AvgIpc) is 3.14. The van der Waals surface area contributed by atoms with Gasteiger partial charge < -0.3 is 4.74 Å². The van der Waals surface area contributed by atoms with Gasteiger partial charge in [-0.1, -0.05) is 48.0 Å². The summed E-state index contributed by atoms with van der Waals surface area (Å²) < 4.78 is 5.42. The molecule has 0 aromatic heterocycles. The van der Waals surface area contributed by atoms with Crippen molar-refractivity contribution in [1.29, 1.82) is 0 Å². The van der Waals surface area contributed by atoms with Crippen molar-refractivity contribution in [1.82, 2.24) is 9.91 Å². The maximum Gasteiger partial charge on any atom is 0.257 e. The number of morpholine rings is 1. The van der Waals surface area contributed by atoms with Crippen LogP contribution in [-0.2, 0) is 9.53 Å². The van der Waals surface area contributed by atoms with Crippen LogP contribution in [0, 0.1) is 20.8 Å². The summed E-state index contributed by atoms with van der Waals surface area (Å²) in [5.74, 6) is 0.0555. The third-order valence-electron chi connectivity index (χ3n) is 5.87. The van der Waals surface area contributed by atoms with Gasteiger partial charge in [-0.15, -0.1) is 0 Å². The first-order chi connectivity index (χ1) is 14.0. The molecule has 152 valence electrons. The fourth-order valence-electron chi connectivity index (χ4n) is 4.27. The number of carbonyl (C=O) groups excluding carboxylic acids is 1. The van der Waals surface area contributed by atoms with Gasteiger partial charge >= 0.3 is 0 Å². The highest BCUT2D eigenvalue weighted by molar-refractivity contribution is 6.04. The highest BCUT2D eigenvalue weighted by atomic mass is 16.5. The molecule has 29 heavy (non-hydrogen) atoms. The standard InChI is InChI=1S/C24H29N3O2/c1-17-8-9-20(19(3)14-17)22-15-23(21-7-5-4-6-18(21)2)27(25-22)24(28)16-26-10-12-29-13-11-26/h4-9,14,23H,10-13,15-16H2,1-3H3. The van der Waals surface area contributed by atoms with E-state index >= 15 is 0 Å². The lowest BCUT2D eigenvalue weighted by molar-refractivity contribution is -0.135. The number of rotatable bonds is 4. The maximum atomic E-state index is 13.3. The Morgan fingerprint density at radius 3 is 2.55 bits per heavy atom. The van der Waals surface area contributed by atoms with Crippen LogP contribution in [0.15, 0.2) is 47.6 Å². The van der Waals surface area contributed by atoms with E-state index in [1.807, 2.05) is 12.1 Å². The molecule has 0 spiro atoms. The number of hydrogen-bond acceptors (Lipinski definition) is 4. The summed E-state index contributed by atoms with van der Waals surface area (Å²) in [4.78, 5) is 15.4. The smallest absolute Gasteiger partial charge is 0.257 e. The molecule has 2 aromatic carbocycles. The first-order valence-electron chi connectivity index (χ1n) is 10.4. The second-order valence-electron chi connectivity index (χ2n) is 8.07. The van der Waals surface area contributed by atoms with E-state index in [9.17, 15) is 4.79 Å². The largest absolute Gasteiger partial charge is 0.379 e. The van der Waals surface area contributed by atoms with Crippen LogP contribution >= 0.6 is 0 Å². The number of nitrogens with zero attached hydrogens (tertiary/aromatic N) is 3. The van der Waals surface area contributed by atoms with Crippen molar-refractivity contribution in [2.45, 2.75) is 33.2 Å². The molecule has 1 fully saturated rings. The topological polar surface area (TPSA) is 45.1 Å². The molecule has 2 heterocycles. The minimum atomic E-state index is -0.0551. The summed E-state index contributed by atoms with van der Waals surface area (Å²) in [5.41, 5.74) is 6.93. The number of ether oxygens (including phenoxy) is 1. The lowest BCUT2D eigenvalue weighted by Gasteiger charge is -2.29. The Bertz CT molecular complexity index is 931. The van der Waals surface area contributed by atoms with E-state index in [0.29, 0.717) is 19.8 Å². The molecule has 2 aliphatic heterocycles. The highest BCUT2D eigenvalue weighted by Crippen LogP contribution is 2.35. The summed E-state index contributed by atoms with van der Waals surface area (Å²) in [5, 5.41) is 6.58. The van der Waals surface area contributed by atoms with E-state index < -0.39 is 0 Å². The first-order valence-corrected chi connectivity index (χ1v) is 10.4. The van der Waals surface area contributed by atoms with Gasteiger partial charge in [-0.05, 0) is 37.5 Å². The van der Waals surface area contributed by atoms with Crippen molar-refractivity contribution < 1.29 is 9.53 Å². The summed E-state index contributed by atoms with van der Waals surface area (Å²) in [6, 6.07) is 14.7. The van der Waals surface area contributed by atoms with Crippen LogP contribution in [0.3, 0.4) is 0 Å². The second-order valence-corrected chi connectivity index (χ2v) is 8.07. The van der Waals surface area contributed by atoms with Crippen molar-refractivity contribution in [3.63, 3.8) is 0 Å². The Balaban J connectivity index is 1.65. The molecule has 1 amide bonds. The monoisotopic (exact) mass is 391 g/mol. The number of hydrogen-bond donors (Lipinski definition) is 0. The molecule has 0 saturated carbocycles. The van der Waals surface area contributed by atoms with Crippen LogP contribution < -0.4 is 0 Å². The number of amides is 1. The normalized spacial score (nSPS) is 20.0. The molecule has 0 aliphatic carbocycles. The molecular weight excluding hydrogens is 362 g/mol. The van der Waals surface area contributed by atoms with Gasteiger partial charge in [0.05, 0.1) is 31.5 Å². The van der Waals surface area contributed by atoms with Crippen molar-refractivity contribution in [3.05, 3.63) is 70.3 Å². The summed E-state index contributed by atoms with van der Waals surface area (Å²) in [7, 11) is 0. The molecule has 2 aliphatic rings. The molecule has 0 radical (unpaired) electrons. The fraction of sp³-hybridized carbons (Fsp3) is 0.417. The van der Waals surface area contributed by atoms with E-state index in [4.69, 9.17) is 9.84 Å². The minimum absolute atomic E-state index is 0.0551. The van der Waals surface area contributed by atoms with Gasteiger partial charge in [0, 0.05) is 25.1 Å². The molecular formula is C24H29N3O2. The molecule has 1 atom stereocenters. The SMILES string of the molecule is Cc1ccc(C2=NN(C(=O)CN3CCOCC3)C(c3ccccc3C)C2)c(C)c1. The minimum Gasteiger partial charge on any atom is -0.379 e. The van der Waals surface area contributed by atoms with E-state index in [1.165, 1.54) is 22.3 Å². The van der Waals surface area contributed by atoms with Crippen molar-refractivity contribution in [3.8, 4) is 0 Å². The van der Waals surface area contributed by atoms with Gasteiger partial charge in [-0.3, -0.25) is 9.69 Å². The van der Waals surface area contributed by atoms with Crippen LogP contribution in [-0.4, -0.2) is 54.4 Å². The molecule has 0 bridgehead atoms. The number of hydrazone groups is 1. The lowest BCUT2D eigenvalue weighted by Crippen LogP contribution is -2.43. The molecule has 4 rings (SSSR count).